The molecular formula is C21H20N4OS. The number of pyridine rings is 1. The lowest BCUT2D eigenvalue weighted by molar-refractivity contribution is 0.0935. The fraction of sp³-hybridized carbons (Fsp3) is 0.190. The Balaban J connectivity index is 1.65. The molecule has 6 heteroatoms. The number of thioether (sulfide) groups is 1. The molecule has 5 nitrogen and oxygen atoms in total. The van der Waals surface area contributed by atoms with Gasteiger partial charge in [0.2, 0.25) is 0 Å². The molecule has 0 bridgehead atoms. The molecule has 0 spiro atoms. The molecule has 0 saturated heterocycles. The first kappa shape index (κ1) is 17.5. The number of carbonyl (C=O) groups excluding carboxylic acids is 1. The molecule has 0 aliphatic rings. The summed E-state index contributed by atoms with van der Waals surface area (Å²) in [4.78, 5) is 25.4. The van der Waals surface area contributed by atoms with E-state index in [1.165, 1.54) is 0 Å². The Bertz CT molecular complexity index is 1050. The van der Waals surface area contributed by atoms with Crippen molar-refractivity contribution in [3.05, 3.63) is 72.2 Å². The summed E-state index contributed by atoms with van der Waals surface area (Å²) in [5, 5.41) is 4.10. The number of rotatable bonds is 6. The van der Waals surface area contributed by atoms with Crippen molar-refractivity contribution in [1.29, 1.82) is 0 Å². The van der Waals surface area contributed by atoms with E-state index in [0.29, 0.717) is 11.1 Å². The number of carbonyl (C=O) groups is 1. The summed E-state index contributed by atoms with van der Waals surface area (Å²) in [6, 6.07) is 17.2. The average molecular weight is 376 g/mol. The number of nitrogens with zero attached hydrogens (tertiary/aromatic N) is 2. The second-order valence-corrected chi connectivity index (χ2v) is 7.31. The lowest BCUT2D eigenvalue weighted by Crippen LogP contribution is -2.30. The van der Waals surface area contributed by atoms with Gasteiger partial charge in [-0.1, -0.05) is 30.3 Å². The van der Waals surface area contributed by atoms with Gasteiger partial charge in [0, 0.05) is 11.6 Å². The molecule has 4 aromatic rings. The Kier molecular flexibility index (Phi) is 5.07. The van der Waals surface area contributed by atoms with Gasteiger partial charge in [0.15, 0.2) is 0 Å². The molecule has 27 heavy (non-hydrogen) atoms. The normalized spacial score (nSPS) is 12.3. The van der Waals surface area contributed by atoms with E-state index in [9.17, 15) is 4.79 Å². The number of fused-ring (bicyclic) bond motifs is 2. The molecule has 0 fully saturated rings. The van der Waals surface area contributed by atoms with Gasteiger partial charge in [0.1, 0.15) is 5.82 Å². The minimum atomic E-state index is -0.184. The Morgan fingerprint density at radius 3 is 2.85 bits per heavy atom. The van der Waals surface area contributed by atoms with Gasteiger partial charge in [0.05, 0.1) is 28.2 Å². The molecule has 4 rings (SSSR count). The van der Waals surface area contributed by atoms with Crippen molar-refractivity contribution in [2.75, 3.05) is 12.0 Å². The van der Waals surface area contributed by atoms with E-state index >= 15 is 0 Å². The van der Waals surface area contributed by atoms with Gasteiger partial charge >= 0.3 is 0 Å². The number of amides is 1. The predicted molar refractivity (Wildman–Crippen MR) is 111 cm³/mol. The van der Waals surface area contributed by atoms with E-state index < -0.39 is 0 Å². The van der Waals surface area contributed by atoms with Crippen molar-refractivity contribution in [2.45, 2.75) is 12.5 Å². The first-order valence-electron chi connectivity index (χ1n) is 8.84. The van der Waals surface area contributed by atoms with Crippen LogP contribution in [0.1, 0.15) is 28.6 Å². The molecule has 1 atom stereocenters. The van der Waals surface area contributed by atoms with Crippen molar-refractivity contribution in [2.24, 2.45) is 0 Å². The summed E-state index contributed by atoms with van der Waals surface area (Å²) >= 11 is 1.75. The SMILES string of the molecule is CSCC[C@H](NC(=O)c1cccc2cccnc12)c1nc2ccccc2[nH]1. The summed E-state index contributed by atoms with van der Waals surface area (Å²) in [7, 11) is 0. The standard InChI is InChI=1S/C21H20N4OS/c1-27-13-11-18(20-23-16-9-2-3-10-17(16)24-20)25-21(26)15-8-4-6-14-7-5-12-22-19(14)15/h2-10,12,18H,11,13H2,1H3,(H,23,24)(H,25,26)/t18-/m0/s1. The van der Waals surface area contributed by atoms with Crippen molar-refractivity contribution in [3.63, 3.8) is 0 Å². The molecule has 1 amide bonds. The molecule has 0 aliphatic carbocycles. The van der Waals surface area contributed by atoms with Gasteiger partial charge in [-0.05, 0) is 42.7 Å². The highest BCUT2D eigenvalue weighted by molar-refractivity contribution is 7.98. The molecule has 2 heterocycles. The first-order valence-corrected chi connectivity index (χ1v) is 10.2. The van der Waals surface area contributed by atoms with Gasteiger partial charge in [0.25, 0.3) is 5.91 Å². The molecule has 2 N–H and O–H groups in total. The fourth-order valence-electron chi connectivity index (χ4n) is 3.17. The van der Waals surface area contributed by atoms with E-state index in [1.807, 2.05) is 54.6 Å². The summed E-state index contributed by atoms with van der Waals surface area (Å²) in [5.41, 5.74) is 3.18. The van der Waals surface area contributed by atoms with Crippen LogP contribution in [0.3, 0.4) is 0 Å². The van der Waals surface area contributed by atoms with Crippen molar-refractivity contribution in [1.82, 2.24) is 20.3 Å². The van der Waals surface area contributed by atoms with Crippen molar-refractivity contribution < 1.29 is 4.79 Å². The predicted octanol–water partition coefficient (Wildman–Crippen LogP) is 4.34. The van der Waals surface area contributed by atoms with Crippen LogP contribution in [0.25, 0.3) is 21.9 Å². The van der Waals surface area contributed by atoms with Crippen LogP contribution in [-0.2, 0) is 0 Å². The Morgan fingerprint density at radius 1 is 1.15 bits per heavy atom. The third-order valence-corrected chi connectivity index (χ3v) is 5.18. The second-order valence-electron chi connectivity index (χ2n) is 6.33. The minimum absolute atomic E-state index is 0.133. The van der Waals surface area contributed by atoms with Gasteiger partial charge < -0.3 is 10.3 Å². The highest BCUT2D eigenvalue weighted by Gasteiger charge is 2.20. The van der Waals surface area contributed by atoms with Crippen LogP contribution in [0, 0.1) is 0 Å². The van der Waals surface area contributed by atoms with Gasteiger partial charge in [-0.3, -0.25) is 9.78 Å². The lowest BCUT2D eigenvalue weighted by atomic mass is 10.1. The number of hydrogen-bond acceptors (Lipinski definition) is 4. The summed E-state index contributed by atoms with van der Waals surface area (Å²) in [6.07, 6.45) is 4.57. The maximum atomic E-state index is 13.0. The zero-order valence-electron chi connectivity index (χ0n) is 15.0. The van der Waals surface area contributed by atoms with Crippen molar-refractivity contribution in [3.8, 4) is 0 Å². The van der Waals surface area contributed by atoms with E-state index in [2.05, 4.69) is 26.5 Å². The Hall–Kier alpha value is -2.86. The molecule has 0 unspecified atom stereocenters. The summed E-state index contributed by atoms with van der Waals surface area (Å²) in [6.45, 7) is 0. The largest absolute Gasteiger partial charge is 0.342 e. The molecule has 0 aliphatic heterocycles. The Labute approximate surface area is 161 Å². The summed E-state index contributed by atoms with van der Waals surface area (Å²) < 4.78 is 0. The molecule has 0 saturated carbocycles. The first-order chi connectivity index (χ1) is 13.3. The molecule has 2 aromatic heterocycles. The number of aromatic amines is 1. The molecule has 136 valence electrons. The fourth-order valence-corrected chi connectivity index (χ4v) is 3.65. The number of nitrogens with one attached hydrogen (secondary N) is 2. The maximum Gasteiger partial charge on any atom is 0.254 e. The van der Waals surface area contributed by atoms with Crippen LogP contribution in [0.15, 0.2) is 60.8 Å². The number of hydrogen-bond donors (Lipinski definition) is 2. The third kappa shape index (κ3) is 3.66. The second kappa shape index (κ2) is 7.80. The molecule has 0 radical (unpaired) electrons. The minimum Gasteiger partial charge on any atom is -0.342 e. The topological polar surface area (TPSA) is 70.7 Å². The lowest BCUT2D eigenvalue weighted by Gasteiger charge is -2.17. The van der Waals surface area contributed by atoms with E-state index in [0.717, 1.165) is 34.4 Å². The van der Waals surface area contributed by atoms with Gasteiger partial charge in [-0.2, -0.15) is 11.8 Å². The van der Waals surface area contributed by atoms with Crippen LogP contribution in [0.4, 0.5) is 0 Å². The molecular weight excluding hydrogens is 356 g/mol. The summed E-state index contributed by atoms with van der Waals surface area (Å²) in [5.74, 6) is 1.58. The number of benzene rings is 2. The number of aromatic nitrogens is 3. The Morgan fingerprint density at radius 2 is 2.00 bits per heavy atom. The van der Waals surface area contributed by atoms with E-state index in [1.54, 1.807) is 18.0 Å². The maximum absolute atomic E-state index is 13.0. The molecule has 2 aromatic carbocycles. The highest BCUT2D eigenvalue weighted by Crippen LogP contribution is 2.22. The van der Waals surface area contributed by atoms with E-state index in [-0.39, 0.29) is 11.9 Å². The van der Waals surface area contributed by atoms with Crippen LogP contribution in [-0.4, -0.2) is 32.9 Å². The van der Waals surface area contributed by atoms with E-state index in [4.69, 9.17) is 0 Å². The monoisotopic (exact) mass is 376 g/mol. The smallest absolute Gasteiger partial charge is 0.254 e. The van der Waals surface area contributed by atoms with Gasteiger partial charge in [-0.15, -0.1) is 0 Å². The average Bonchev–Trinajstić information content (AvgIpc) is 3.14. The number of H-pyrrole nitrogens is 1. The quantitative estimate of drug-likeness (QED) is 0.525. The zero-order chi connectivity index (χ0) is 18.6. The van der Waals surface area contributed by atoms with Crippen LogP contribution in [0.5, 0.6) is 0 Å². The zero-order valence-corrected chi connectivity index (χ0v) is 15.8. The number of imidazole rings is 1. The number of para-hydroxylation sites is 3. The van der Waals surface area contributed by atoms with Crippen molar-refractivity contribution >= 4 is 39.6 Å². The van der Waals surface area contributed by atoms with Crippen LogP contribution >= 0.6 is 11.8 Å². The van der Waals surface area contributed by atoms with Crippen LogP contribution in [0.2, 0.25) is 0 Å². The van der Waals surface area contributed by atoms with Crippen LogP contribution < -0.4 is 5.32 Å². The highest BCUT2D eigenvalue weighted by atomic mass is 32.2. The third-order valence-electron chi connectivity index (χ3n) is 4.53. The van der Waals surface area contributed by atoms with Gasteiger partial charge in [-0.25, -0.2) is 4.98 Å².